The maximum atomic E-state index is 5.22. The lowest BCUT2D eigenvalue weighted by Crippen LogP contribution is -2.44. The molecule has 4 aromatic rings. The highest BCUT2D eigenvalue weighted by Gasteiger charge is 2.27. The van der Waals surface area contributed by atoms with Crippen LogP contribution in [-0.2, 0) is 0 Å². The maximum Gasteiger partial charge on any atom is 0.163 e. The number of fused-ring (bicyclic) bond motifs is 2. The van der Waals surface area contributed by atoms with E-state index < -0.39 is 0 Å². The van der Waals surface area contributed by atoms with Gasteiger partial charge in [0.1, 0.15) is 11.5 Å². The predicted octanol–water partition coefficient (Wildman–Crippen LogP) is 4.37. The van der Waals surface area contributed by atoms with Crippen LogP contribution >= 0.6 is 0 Å². The Labute approximate surface area is 187 Å². The lowest BCUT2D eigenvalue weighted by atomic mass is 9.79. The Balaban J connectivity index is 1.58. The van der Waals surface area contributed by atoms with Crippen molar-refractivity contribution in [2.75, 3.05) is 31.1 Å². The Bertz CT molecular complexity index is 1280. The third-order valence-corrected chi connectivity index (χ3v) is 6.99. The molecule has 0 radical (unpaired) electrons. The lowest BCUT2D eigenvalue weighted by molar-refractivity contribution is 0.421. The summed E-state index contributed by atoms with van der Waals surface area (Å²) in [6.07, 6.45) is 9.56. The summed E-state index contributed by atoms with van der Waals surface area (Å²) in [4.78, 5) is 25.3. The van der Waals surface area contributed by atoms with E-state index in [4.69, 9.17) is 9.97 Å². The van der Waals surface area contributed by atoms with Gasteiger partial charge in [-0.2, -0.15) is 0 Å². The third-order valence-electron chi connectivity index (χ3n) is 6.99. The van der Waals surface area contributed by atoms with Gasteiger partial charge in [0.15, 0.2) is 5.82 Å². The number of hydrogen-bond acceptors (Lipinski definition) is 6. The molecule has 6 rings (SSSR count). The summed E-state index contributed by atoms with van der Waals surface area (Å²) >= 11 is 0. The van der Waals surface area contributed by atoms with Crippen LogP contribution in [0.4, 0.5) is 5.82 Å². The number of aromatic nitrogens is 5. The van der Waals surface area contributed by atoms with Gasteiger partial charge in [-0.3, -0.25) is 4.98 Å². The van der Waals surface area contributed by atoms with E-state index in [2.05, 4.69) is 45.1 Å². The molecule has 7 nitrogen and oxygen atoms in total. The second-order valence-electron chi connectivity index (χ2n) is 9.36. The summed E-state index contributed by atoms with van der Waals surface area (Å²) in [7, 11) is 0. The summed E-state index contributed by atoms with van der Waals surface area (Å²) in [5.74, 6) is 2.79. The summed E-state index contributed by atoms with van der Waals surface area (Å²) in [5.41, 5.74) is 5.34. The Kier molecular flexibility index (Phi) is 4.79. The van der Waals surface area contributed by atoms with Gasteiger partial charge in [-0.05, 0) is 42.4 Å². The molecule has 0 bridgehead atoms. The van der Waals surface area contributed by atoms with Gasteiger partial charge in [0, 0.05) is 60.6 Å². The molecule has 2 aliphatic rings. The highest BCUT2D eigenvalue weighted by molar-refractivity contribution is 5.97. The van der Waals surface area contributed by atoms with Crippen LogP contribution in [0.15, 0.2) is 30.7 Å². The molecule has 0 spiro atoms. The summed E-state index contributed by atoms with van der Waals surface area (Å²) < 4.78 is 0. The van der Waals surface area contributed by atoms with Gasteiger partial charge in [0.05, 0.1) is 11.7 Å². The largest absolute Gasteiger partial charge is 0.353 e. The molecule has 0 amide bonds. The normalized spacial score (nSPS) is 17.4. The van der Waals surface area contributed by atoms with Crippen molar-refractivity contribution >= 4 is 27.8 Å². The fourth-order valence-corrected chi connectivity index (χ4v) is 4.90. The van der Waals surface area contributed by atoms with E-state index in [9.17, 15) is 0 Å². The minimum absolute atomic E-state index is 0.403. The van der Waals surface area contributed by atoms with Crippen molar-refractivity contribution in [1.82, 2.24) is 30.2 Å². The van der Waals surface area contributed by atoms with Crippen LogP contribution in [0.5, 0.6) is 0 Å². The van der Waals surface area contributed by atoms with E-state index in [0.717, 1.165) is 59.9 Å². The number of hydrogen-bond donors (Lipinski definition) is 2. The zero-order chi connectivity index (χ0) is 21.7. The Hall–Kier alpha value is -3.06. The SMILES string of the molecule is CC(C)c1cc2c(-c3nc(N4CCNCC4)c4c(C5CCC5)cncc4n3)ccnc2[nH]1. The second kappa shape index (κ2) is 7.81. The standard InChI is InChI=1S/C25H29N7/c1-15(2)20-12-18-17(6-7-28-23(18)29-20)24-30-21-14-27-13-19(16-4-3-5-16)22(21)25(31-24)32-10-8-26-9-11-32/h6-7,12-16,26H,3-5,8-11H2,1-2H3,(H,28,29). The molecule has 0 unspecified atom stereocenters. The van der Waals surface area contributed by atoms with E-state index in [1.165, 1.54) is 35.9 Å². The number of pyridine rings is 2. The molecule has 5 heterocycles. The van der Waals surface area contributed by atoms with Gasteiger partial charge in [0.25, 0.3) is 0 Å². The minimum atomic E-state index is 0.403. The van der Waals surface area contributed by atoms with Crippen LogP contribution in [-0.4, -0.2) is 51.1 Å². The second-order valence-corrected chi connectivity index (χ2v) is 9.36. The van der Waals surface area contributed by atoms with Crippen molar-refractivity contribution in [2.45, 2.75) is 44.9 Å². The molecule has 0 aromatic carbocycles. The number of piperazine rings is 1. The fourth-order valence-electron chi connectivity index (χ4n) is 4.90. The molecule has 32 heavy (non-hydrogen) atoms. The van der Waals surface area contributed by atoms with Crippen molar-refractivity contribution in [3.05, 3.63) is 42.0 Å². The lowest BCUT2D eigenvalue weighted by Gasteiger charge is -2.32. The molecule has 1 saturated carbocycles. The van der Waals surface area contributed by atoms with Gasteiger partial charge in [-0.15, -0.1) is 0 Å². The van der Waals surface area contributed by atoms with Crippen molar-refractivity contribution in [2.24, 2.45) is 0 Å². The quantitative estimate of drug-likeness (QED) is 0.503. The number of nitrogens with zero attached hydrogens (tertiary/aromatic N) is 5. The monoisotopic (exact) mass is 427 g/mol. The predicted molar refractivity (Wildman–Crippen MR) is 128 cm³/mol. The number of rotatable bonds is 4. The minimum Gasteiger partial charge on any atom is -0.353 e. The van der Waals surface area contributed by atoms with E-state index in [0.29, 0.717) is 11.8 Å². The van der Waals surface area contributed by atoms with Crippen molar-refractivity contribution in [3.8, 4) is 11.4 Å². The van der Waals surface area contributed by atoms with Crippen LogP contribution < -0.4 is 10.2 Å². The van der Waals surface area contributed by atoms with Gasteiger partial charge in [0.2, 0.25) is 0 Å². The molecular weight excluding hydrogens is 398 g/mol. The molecule has 2 N–H and O–H groups in total. The van der Waals surface area contributed by atoms with Gasteiger partial charge in [-0.1, -0.05) is 20.3 Å². The first-order valence-electron chi connectivity index (χ1n) is 11.8. The fraction of sp³-hybridized carbons (Fsp3) is 0.440. The van der Waals surface area contributed by atoms with Crippen LogP contribution in [0.3, 0.4) is 0 Å². The average Bonchev–Trinajstić information content (AvgIpc) is 3.23. The Morgan fingerprint density at radius 2 is 1.94 bits per heavy atom. The van der Waals surface area contributed by atoms with Gasteiger partial charge < -0.3 is 15.2 Å². The Morgan fingerprint density at radius 3 is 2.69 bits per heavy atom. The van der Waals surface area contributed by atoms with Crippen LogP contribution in [0, 0.1) is 0 Å². The topological polar surface area (TPSA) is 82.6 Å². The molecule has 164 valence electrons. The molecule has 4 aromatic heterocycles. The van der Waals surface area contributed by atoms with Gasteiger partial charge >= 0.3 is 0 Å². The summed E-state index contributed by atoms with van der Waals surface area (Å²) in [5, 5.41) is 5.73. The van der Waals surface area contributed by atoms with Crippen LogP contribution in [0.25, 0.3) is 33.3 Å². The highest BCUT2D eigenvalue weighted by atomic mass is 15.2. The molecule has 2 fully saturated rings. The van der Waals surface area contributed by atoms with Crippen LogP contribution in [0.2, 0.25) is 0 Å². The number of aromatic amines is 1. The maximum absolute atomic E-state index is 5.22. The van der Waals surface area contributed by atoms with E-state index in [1.807, 2.05) is 24.7 Å². The van der Waals surface area contributed by atoms with Gasteiger partial charge in [-0.25, -0.2) is 15.0 Å². The molecule has 0 atom stereocenters. The third kappa shape index (κ3) is 3.23. The first-order chi connectivity index (χ1) is 15.7. The average molecular weight is 428 g/mol. The Morgan fingerprint density at radius 1 is 1.09 bits per heavy atom. The van der Waals surface area contributed by atoms with Crippen LogP contribution in [0.1, 0.15) is 56.2 Å². The molecular formula is C25H29N7. The molecule has 7 heteroatoms. The molecule has 1 aliphatic carbocycles. The van der Waals surface area contributed by atoms with E-state index in [1.54, 1.807) is 0 Å². The van der Waals surface area contributed by atoms with Crippen molar-refractivity contribution in [1.29, 1.82) is 0 Å². The van der Waals surface area contributed by atoms with E-state index in [-0.39, 0.29) is 0 Å². The molecule has 1 aliphatic heterocycles. The van der Waals surface area contributed by atoms with Crippen molar-refractivity contribution < 1.29 is 0 Å². The first-order valence-corrected chi connectivity index (χ1v) is 11.8. The zero-order valence-corrected chi connectivity index (χ0v) is 18.7. The number of nitrogens with one attached hydrogen (secondary N) is 2. The number of H-pyrrole nitrogens is 1. The molecule has 1 saturated heterocycles. The summed E-state index contributed by atoms with van der Waals surface area (Å²) in [6.45, 7) is 8.22. The first kappa shape index (κ1) is 19.6. The van der Waals surface area contributed by atoms with Crippen molar-refractivity contribution in [3.63, 3.8) is 0 Å². The highest BCUT2D eigenvalue weighted by Crippen LogP contribution is 2.42. The van der Waals surface area contributed by atoms with E-state index >= 15 is 0 Å². The summed E-state index contributed by atoms with van der Waals surface area (Å²) in [6, 6.07) is 4.23. The zero-order valence-electron chi connectivity index (χ0n) is 18.7. The smallest absolute Gasteiger partial charge is 0.163 e. The number of anilines is 1.